The van der Waals surface area contributed by atoms with Crippen molar-refractivity contribution in [2.45, 2.75) is 145 Å². The largest absolute Gasteiger partial charge is 0.490 e. The molecule has 576 valence electrons. The van der Waals surface area contributed by atoms with E-state index in [1.54, 1.807) is 79.7 Å². The van der Waals surface area contributed by atoms with E-state index in [4.69, 9.17) is 75.8 Å². The predicted octanol–water partition coefficient (Wildman–Crippen LogP) is 14.3. The molecule has 0 N–H and O–H groups in total. The molecule has 5 rings (SSSR count). The molecule has 0 heterocycles. The lowest BCUT2D eigenvalue weighted by molar-refractivity contribution is -0.144. The molecule has 0 saturated heterocycles. The molecular weight excluding hydrogens is 1890 g/mol. The summed E-state index contributed by atoms with van der Waals surface area (Å²) in [6.45, 7) is 18.1. The summed E-state index contributed by atoms with van der Waals surface area (Å²) < 4.78 is 98.2. The summed E-state index contributed by atoms with van der Waals surface area (Å²) in [5, 5.41) is 0. The van der Waals surface area contributed by atoms with E-state index in [0.717, 1.165) is 0 Å². The third-order valence-corrected chi connectivity index (χ3v) is 18.6. The highest BCUT2D eigenvalue weighted by Gasteiger charge is 2.33. The Balaban J connectivity index is 2.04. The highest BCUT2D eigenvalue weighted by Crippen LogP contribution is 2.51. The zero-order valence-electron chi connectivity index (χ0n) is 59.7. The average molecular weight is 1980 g/mol. The summed E-state index contributed by atoms with van der Waals surface area (Å²) in [7, 11) is 0. The van der Waals surface area contributed by atoms with Gasteiger partial charge in [0.1, 0.15) is 190 Å². The zero-order valence-corrected chi connectivity index (χ0v) is 72.4. The molecule has 0 aromatic heterocycles. The summed E-state index contributed by atoms with van der Waals surface area (Å²) in [4.78, 5) is 97.8. The molecule has 0 spiro atoms. The fourth-order valence-electron chi connectivity index (χ4n) is 10.0. The lowest BCUT2D eigenvalue weighted by Gasteiger charge is -2.30. The first kappa shape index (κ1) is 89.5. The van der Waals surface area contributed by atoms with Gasteiger partial charge in [0.05, 0.1) is 0 Å². The van der Waals surface area contributed by atoms with Crippen LogP contribution in [-0.2, 0) is 76.3 Å². The second-order valence-corrected chi connectivity index (χ2v) is 34.6. The molecule has 8 atom stereocenters. The van der Waals surface area contributed by atoms with E-state index in [2.05, 4.69) is 127 Å². The lowest BCUT2D eigenvalue weighted by Crippen LogP contribution is -2.20. The highest BCUT2D eigenvalue weighted by atomic mass is 79.9. The van der Waals surface area contributed by atoms with Crippen LogP contribution >= 0.6 is 127 Å². The fourth-order valence-corrected chi connectivity index (χ4v) is 11.1. The van der Waals surface area contributed by atoms with Crippen molar-refractivity contribution in [1.29, 1.82) is 0 Å². The predicted molar refractivity (Wildman–Crippen MR) is 415 cm³/mol. The Labute approximate surface area is 673 Å². The maximum absolute atomic E-state index is 12.9. The van der Waals surface area contributed by atoms with Crippen LogP contribution in [0, 0.1) is 0 Å². The van der Waals surface area contributed by atoms with E-state index in [1.165, 1.54) is 0 Å². The van der Waals surface area contributed by atoms with Gasteiger partial charge in [-0.25, -0.2) is 0 Å². The van der Waals surface area contributed by atoms with E-state index in [1.807, 2.05) is 52.0 Å². The van der Waals surface area contributed by atoms with Gasteiger partial charge in [0.2, 0.25) is 0 Å². The quantitative estimate of drug-likeness (QED) is 0.0173. The van der Waals surface area contributed by atoms with Gasteiger partial charge >= 0.3 is 47.8 Å². The lowest BCUT2D eigenvalue weighted by atomic mass is 9.80. The molecule has 8 unspecified atom stereocenters. The molecule has 0 amide bonds. The Bertz CT molecular complexity index is 2890. The Morgan fingerprint density at radius 1 is 0.221 bits per heavy atom. The Morgan fingerprint density at radius 3 is 0.423 bits per heavy atom. The van der Waals surface area contributed by atoms with E-state index in [0.29, 0.717) is 44.5 Å². The third-order valence-electron chi connectivity index (χ3n) is 15.6. The standard InChI is InChI=1S/C72H88Br8O24/c1-37-49-29-51(59(91-15-23-99-67(83)43(7)75)33-57(49)89-13-21-97-65(81)41(5)73)38(2)53-31-55(63(95-19-27-103-71(87)47(11)79)35-61(53)93-17-25-101-69(85)45(9)77)40(4)56-32-54(62(94-18-26-102-70(86)46(10)78)36-64(56)96-20-28-104-72(88)48(12)80)39(3)52-30-50(37)58(90-14-22-98-66(82)42(6)74)34-60(52)92-16-24-100-68(84)44(8)76/h29-48H,13-28H2,1-12H3. The van der Waals surface area contributed by atoms with Crippen molar-refractivity contribution in [3.8, 4) is 46.0 Å². The van der Waals surface area contributed by atoms with Crippen molar-refractivity contribution >= 4 is 175 Å². The number of halogens is 8. The zero-order chi connectivity index (χ0) is 77.1. The van der Waals surface area contributed by atoms with E-state index in [-0.39, 0.29) is 152 Å². The first-order valence-electron chi connectivity index (χ1n) is 33.4. The van der Waals surface area contributed by atoms with Gasteiger partial charge in [0.15, 0.2) is 0 Å². The van der Waals surface area contributed by atoms with Crippen LogP contribution in [-0.4, -0.2) is 192 Å². The van der Waals surface area contributed by atoms with Crippen LogP contribution in [0.15, 0.2) is 48.5 Å². The minimum Gasteiger partial charge on any atom is -0.490 e. The molecule has 4 aromatic carbocycles. The molecular formula is C72H88Br8O24. The Morgan fingerprint density at radius 2 is 0.327 bits per heavy atom. The summed E-state index contributed by atoms with van der Waals surface area (Å²) in [5.41, 5.74) is 4.29. The van der Waals surface area contributed by atoms with Gasteiger partial charge in [-0.2, -0.15) is 0 Å². The summed E-state index contributed by atoms with van der Waals surface area (Å²) >= 11 is 26.3. The molecule has 4 aromatic rings. The van der Waals surface area contributed by atoms with Crippen LogP contribution in [0.2, 0.25) is 0 Å². The first-order chi connectivity index (χ1) is 49.2. The molecule has 1 aliphatic rings. The van der Waals surface area contributed by atoms with E-state index >= 15 is 0 Å². The van der Waals surface area contributed by atoms with Crippen molar-refractivity contribution < 1.29 is 114 Å². The number of benzene rings is 4. The number of hydrogen-bond donors (Lipinski definition) is 0. The van der Waals surface area contributed by atoms with E-state index in [9.17, 15) is 38.4 Å². The topological polar surface area (TPSA) is 284 Å². The maximum atomic E-state index is 12.9. The van der Waals surface area contributed by atoms with Gasteiger partial charge in [-0.1, -0.05) is 155 Å². The van der Waals surface area contributed by atoms with Gasteiger partial charge < -0.3 is 75.8 Å². The summed E-state index contributed by atoms with van der Waals surface area (Å²) in [5.74, 6) is -5.15. The van der Waals surface area contributed by atoms with Crippen LogP contribution in [0.4, 0.5) is 0 Å². The number of hydrogen-bond acceptors (Lipinski definition) is 24. The number of ether oxygens (including phenoxy) is 16. The average Bonchev–Trinajstić information content (AvgIpc) is 0.756. The van der Waals surface area contributed by atoms with Crippen molar-refractivity contribution in [1.82, 2.24) is 0 Å². The third kappa shape index (κ3) is 27.8. The SMILES string of the molecule is CC(Br)C(=O)OCCOc1cc(OCCOC(=O)C(C)Br)c2cc1C(C)c1cc(c(OCCOC(=O)C(C)Br)cc1OCCOC(=O)C(C)Br)C(C)c1cc(c(OCCOC(=O)C(C)Br)cc1OCCOC(=O)C(C)Br)C(C)c1cc(c(OCCOC(=O)C(C)Br)cc1OCCOC(=O)C(C)Br)C2C. The van der Waals surface area contributed by atoms with E-state index < -0.39 is 110 Å². The number of rotatable bonds is 40. The fraction of sp³-hybridized carbons (Fsp3) is 0.556. The van der Waals surface area contributed by atoms with Crippen LogP contribution in [0.5, 0.6) is 46.0 Å². The van der Waals surface area contributed by atoms with Gasteiger partial charge in [-0.3, -0.25) is 38.4 Å². The molecule has 8 bridgehead atoms. The summed E-state index contributed by atoms with van der Waals surface area (Å²) in [6.07, 6.45) is 0. The van der Waals surface area contributed by atoms with Gasteiger partial charge in [0, 0.05) is 92.4 Å². The van der Waals surface area contributed by atoms with Crippen molar-refractivity contribution in [2.75, 3.05) is 106 Å². The minimum atomic E-state index is -0.753. The van der Waals surface area contributed by atoms with Gasteiger partial charge in [-0.05, 0) is 79.7 Å². The number of esters is 8. The minimum absolute atomic E-state index is 0.150. The number of alkyl halides is 8. The summed E-state index contributed by atoms with van der Waals surface area (Å²) in [6, 6.07) is 14.4. The second kappa shape index (κ2) is 45.0. The monoisotopic (exact) mass is 1970 g/mol. The molecule has 0 radical (unpaired) electrons. The molecule has 0 saturated carbocycles. The molecule has 1 aliphatic carbocycles. The van der Waals surface area contributed by atoms with Crippen molar-refractivity contribution in [2.24, 2.45) is 0 Å². The van der Waals surface area contributed by atoms with Crippen LogP contribution in [0.25, 0.3) is 0 Å². The Hall–Kier alpha value is -5.12. The molecule has 32 heteroatoms. The highest BCUT2D eigenvalue weighted by molar-refractivity contribution is 9.11. The first-order valence-corrected chi connectivity index (χ1v) is 40.8. The smallest absolute Gasteiger partial charge is 0.319 e. The van der Waals surface area contributed by atoms with Crippen LogP contribution in [0.1, 0.15) is 151 Å². The normalized spacial score (nSPS) is 16.9. The molecule has 24 nitrogen and oxygen atoms in total. The molecule has 0 fully saturated rings. The number of carbonyl (C=O) groups excluding carboxylic acids is 8. The Kier molecular flexibility index (Phi) is 38.7. The van der Waals surface area contributed by atoms with Crippen LogP contribution in [0.3, 0.4) is 0 Å². The van der Waals surface area contributed by atoms with Crippen molar-refractivity contribution in [3.63, 3.8) is 0 Å². The number of fused-ring (bicyclic) bond motifs is 8. The second-order valence-electron chi connectivity index (χ2n) is 23.7. The van der Waals surface area contributed by atoms with Gasteiger partial charge in [-0.15, -0.1) is 0 Å². The maximum Gasteiger partial charge on any atom is 0.319 e. The molecule has 104 heavy (non-hydrogen) atoms. The molecule has 0 aliphatic heterocycles. The van der Waals surface area contributed by atoms with Gasteiger partial charge in [0.25, 0.3) is 0 Å². The van der Waals surface area contributed by atoms with Crippen LogP contribution < -0.4 is 37.9 Å². The van der Waals surface area contributed by atoms with Crippen molar-refractivity contribution in [3.05, 3.63) is 93.0 Å². The number of carbonyl (C=O) groups is 8.